The molecule has 0 atom stereocenters. The molecule has 2 heterocycles. The smallest absolute Gasteiger partial charge is 0.347 e. The van der Waals surface area contributed by atoms with Gasteiger partial charge < -0.3 is 8.83 Å². The first-order valence-corrected chi connectivity index (χ1v) is 6.50. The van der Waals surface area contributed by atoms with Crippen LogP contribution in [0.3, 0.4) is 0 Å². The Kier molecular flexibility index (Phi) is 3.46. The zero-order valence-corrected chi connectivity index (χ0v) is 11.5. The molecule has 3 rings (SSSR count). The molecule has 0 fully saturated rings. The van der Waals surface area contributed by atoms with Crippen LogP contribution in [0, 0.1) is 0 Å². The molecule has 0 saturated heterocycles. The van der Waals surface area contributed by atoms with E-state index in [0.717, 1.165) is 0 Å². The van der Waals surface area contributed by atoms with Crippen molar-refractivity contribution in [1.82, 2.24) is 0 Å². The molecular weight excluding hydrogens is 292 g/mol. The second-order valence-electron chi connectivity index (χ2n) is 4.34. The van der Waals surface area contributed by atoms with E-state index in [4.69, 9.17) is 20.4 Å². The fraction of sp³-hybridized carbons (Fsp3) is 0. The zero-order chi connectivity index (χ0) is 14.8. The zero-order valence-electron chi connectivity index (χ0n) is 10.7. The molecule has 0 aliphatic heterocycles. The summed E-state index contributed by atoms with van der Waals surface area (Å²) < 4.78 is 10.2. The number of halogens is 1. The van der Waals surface area contributed by atoms with E-state index < -0.39 is 11.4 Å². The van der Waals surface area contributed by atoms with Gasteiger partial charge in [0.15, 0.2) is 5.78 Å². The Balaban J connectivity index is 2.01. The molecule has 0 aliphatic rings. The lowest BCUT2D eigenvalue weighted by Crippen LogP contribution is -2.11. The summed E-state index contributed by atoms with van der Waals surface area (Å²) in [7, 11) is 0. The maximum absolute atomic E-state index is 12.1. The van der Waals surface area contributed by atoms with E-state index in [0.29, 0.717) is 21.8 Å². The third-order valence-corrected chi connectivity index (χ3v) is 3.14. The lowest BCUT2D eigenvalue weighted by molar-refractivity contribution is 0.104. The predicted molar refractivity (Wildman–Crippen MR) is 79.6 cm³/mol. The summed E-state index contributed by atoms with van der Waals surface area (Å²) >= 11 is 5.89. The first-order valence-electron chi connectivity index (χ1n) is 6.13. The van der Waals surface area contributed by atoms with Crippen molar-refractivity contribution in [2.45, 2.75) is 0 Å². The van der Waals surface area contributed by atoms with Crippen LogP contribution in [-0.4, -0.2) is 5.78 Å². The Labute approximate surface area is 124 Å². The fourth-order valence-corrected chi connectivity index (χ4v) is 2.08. The first-order chi connectivity index (χ1) is 10.1. The molecule has 0 aliphatic carbocycles. The van der Waals surface area contributed by atoms with Gasteiger partial charge in [0.05, 0.1) is 6.26 Å². The Morgan fingerprint density at radius 3 is 2.81 bits per heavy atom. The van der Waals surface area contributed by atoms with E-state index in [2.05, 4.69) is 0 Å². The Hall–Kier alpha value is -2.59. The van der Waals surface area contributed by atoms with E-state index in [1.165, 1.54) is 24.5 Å². The van der Waals surface area contributed by atoms with Gasteiger partial charge in [-0.2, -0.15) is 0 Å². The minimum absolute atomic E-state index is 0.0485. The van der Waals surface area contributed by atoms with Crippen LogP contribution in [0.5, 0.6) is 0 Å². The van der Waals surface area contributed by atoms with Crippen LogP contribution in [0.4, 0.5) is 0 Å². The van der Waals surface area contributed by atoms with Gasteiger partial charge in [-0.15, -0.1) is 0 Å². The second kappa shape index (κ2) is 5.42. The van der Waals surface area contributed by atoms with Crippen LogP contribution in [0.15, 0.2) is 62.4 Å². The van der Waals surface area contributed by atoms with Gasteiger partial charge in [-0.1, -0.05) is 11.6 Å². The summed E-state index contributed by atoms with van der Waals surface area (Å²) in [4.78, 5) is 23.9. The molecule has 5 heteroatoms. The summed E-state index contributed by atoms with van der Waals surface area (Å²) in [6, 6.07) is 9.72. The number of allylic oxidation sites excluding steroid dienone is 1. The molecule has 0 bridgehead atoms. The number of furan rings is 1. The van der Waals surface area contributed by atoms with E-state index in [1.54, 1.807) is 30.3 Å². The minimum atomic E-state index is -0.682. The number of rotatable bonds is 3. The van der Waals surface area contributed by atoms with Gasteiger partial charge >= 0.3 is 5.63 Å². The molecule has 3 aromatic rings. The standard InChI is InChI=1S/C16H9ClO4/c17-11-3-6-15-10(8-11)9-13(16(19)21-15)14(18)5-4-12-2-1-7-20-12/h1-9H/b5-4+. The molecule has 0 amide bonds. The normalized spacial score (nSPS) is 11.3. The average molecular weight is 301 g/mol. The summed E-state index contributed by atoms with van der Waals surface area (Å²) in [6.45, 7) is 0. The van der Waals surface area contributed by atoms with Crippen LogP contribution in [0.2, 0.25) is 5.02 Å². The Bertz CT molecular complexity index is 888. The highest BCUT2D eigenvalue weighted by molar-refractivity contribution is 6.31. The maximum atomic E-state index is 12.1. The van der Waals surface area contributed by atoms with Crippen molar-refractivity contribution in [1.29, 1.82) is 0 Å². The topological polar surface area (TPSA) is 60.4 Å². The lowest BCUT2D eigenvalue weighted by Gasteiger charge is -1.99. The Morgan fingerprint density at radius 2 is 2.05 bits per heavy atom. The SMILES string of the molecule is O=C(/C=C/c1ccco1)c1cc2cc(Cl)ccc2oc1=O. The van der Waals surface area contributed by atoms with Crippen molar-refractivity contribution in [3.05, 3.63) is 75.5 Å². The van der Waals surface area contributed by atoms with E-state index in [9.17, 15) is 9.59 Å². The summed E-state index contributed by atoms with van der Waals surface area (Å²) in [5, 5.41) is 1.10. The van der Waals surface area contributed by atoms with Gasteiger partial charge in [-0.3, -0.25) is 4.79 Å². The monoisotopic (exact) mass is 300 g/mol. The molecule has 4 nitrogen and oxygen atoms in total. The highest BCUT2D eigenvalue weighted by Gasteiger charge is 2.11. The molecule has 104 valence electrons. The van der Waals surface area contributed by atoms with E-state index in [-0.39, 0.29) is 5.56 Å². The number of hydrogen-bond acceptors (Lipinski definition) is 4. The van der Waals surface area contributed by atoms with Crippen molar-refractivity contribution >= 4 is 34.4 Å². The van der Waals surface area contributed by atoms with Crippen molar-refractivity contribution in [2.75, 3.05) is 0 Å². The van der Waals surface area contributed by atoms with Crippen LogP contribution >= 0.6 is 11.6 Å². The van der Waals surface area contributed by atoms with Gasteiger partial charge in [0.1, 0.15) is 16.9 Å². The van der Waals surface area contributed by atoms with Gasteiger partial charge in [0, 0.05) is 10.4 Å². The molecule has 0 radical (unpaired) electrons. The first kappa shape index (κ1) is 13.4. The number of ketones is 1. The largest absolute Gasteiger partial charge is 0.465 e. The van der Waals surface area contributed by atoms with Crippen molar-refractivity contribution in [2.24, 2.45) is 0 Å². The van der Waals surface area contributed by atoms with Crippen LogP contribution in [0.1, 0.15) is 16.1 Å². The lowest BCUT2D eigenvalue weighted by atomic mass is 10.1. The average Bonchev–Trinajstić information content (AvgIpc) is 2.98. The number of benzene rings is 1. The molecule has 0 unspecified atom stereocenters. The highest BCUT2D eigenvalue weighted by atomic mass is 35.5. The molecular formula is C16H9ClO4. The summed E-state index contributed by atoms with van der Waals surface area (Å²) in [6.07, 6.45) is 4.25. The number of carbonyl (C=O) groups is 1. The number of carbonyl (C=O) groups excluding carboxylic acids is 1. The molecule has 1 aromatic carbocycles. The number of hydrogen-bond donors (Lipinski definition) is 0. The van der Waals surface area contributed by atoms with Crippen molar-refractivity contribution < 1.29 is 13.6 Å². The third-order valence-electron chi connectivity index (χ3n) is 2.90. The maximum Gasteiger partial charge on any atom is 0.347 e. The minimum Gasteiger partial charge on any atom is -0.465 e. The fourth-order valence-electron chi connectivity index (χ4n) is 1.90. The molecule has 2 aromatic heterocycles. The van der Waals surface area contributed by atoms with E-state index >= 15 is 0 Å². The highest BCUT2D eigenvalue weighted by Crippen LogP contribution is 2.19. The van der Waals surface area contributed by atoms with Crippen molar-refractivity contribution in [3.63, 3.8) is 0 Å². The van der Waals surface area contributed by atoms with Gasteiger partial charge in [0.25, 0.3) is 0 Å². The summed E-state index contributed by atoms with van der Waals surface area (Å²) in [5.74, 6) is 0.0681. The van der Waals surface area contributed by atoms with Gasteiger partial charge in [-0.25, -0.2) is 4.79 Å². The molecule has 0 N–H and O–H groups in total. The van der Waals surface area contributed by atoms with Crippen molar-refractivity contribution in [3.8, 4) is 0 Å². The molecule has 21 heavy (non-hydrogen) atoms. The predicted octanol–water partition coefficient (Wildman–Crippen LogP) is 3.94. The third kappa shape index (κ3) is 2.80. The van der Waals surface area contributed by atoms with Crippen LogP contribution in [0.25, 0.3) is 17.0 Å². The van der Waals surface area contributed by atoms with Crippen LogP contribution < -0.4 is 5.63 Å². The van der Waals surface area contributed by atoms with Gasteiger partial charge in [0.2, 0.25) is 0 Å². The Morgan fingerprint density at radius 1 is 1.19 bits per heavy atom. The second-order valence-corrected chi connectivity index (χ2v) is 4.78. The van der Waals surface area contributed by atoms with Crippen LogP contribution in [-0.2, 0) is 0 Å². The molecule has 0 spiro atoms. The van der Waals surface area contributed by atoms with Gasteiger partial charge in [-0.05, 0) is 48.6 Å². The quantitative estimate of drug-likeness (QED) is 0.417. The number of fused-ring (bicyclic) bond motifs is 1. The summed E-state index contributed by atoms with van der Waals surface area (Å²) in [5.41, 5.74) is -0.345. The van der Waals surface area contributed by atoms with E-state index in [1.807, 2.05) is 0 Å². The molecule has 0 saturated carbocycles.